The zero-order chi connectivity index (χ0) is 68.4. The molecule has 4 aromatic heterocycles. The standard InChI is InChI=1S/C41H25F6N3.C41H25F3N4/c1-23-15-17-28-26-9-4-6-13-32(26)49(34(28)19-23)36-21-25(38-30(40(42,43)44)11-8-12-31(38)48-3)22-37(39(36)41(45,46)47)50-33-14-7-5-10-27(33)29-18-16-24(2)20-35(29)50;1-24-15-17-29-27-9-4-6-13-34(27)47(36(29)19-24)38-21-26(40-32(41(42,43)44)11-8-12-33(40)46-3)22-39(31(38)23-45)48-35-14-7-5-10-28(35)30-18-16-25(2)20-37(30)48/h4-22H,1-2H3;4-22H,1-2H3. The third kappa shape index (κ3) is 9.96. The molecule has 98 heavy (non-hydrogen) atoms. The molecule has 12 aromatic carbocycles. The molecule has 0 spiro atoms. The molecule has 0 N–H and O–H groups in total. The van der Waals surface area contributed by atoms with Gasteiger partial charge in [-0.3, -0.25) is 0 Å². The number of para-hydroxylation sites is 4. The van der Waals surface area contributed by atoms with Crippen LogP contribution in [0, 0.1) is 52.2 Å². The fourth-order valence-electron chi connectivity index (χ4n) is 14.3. The molecular weight excluding hydrogens is 1250 g/mol. The van der Waals surface area contributed by atoms with E-state index in [0.717, 1.165) is 96.2 Å². The van der Waals surface area contributed by atoms with Crippen molar-refractivity contribution in [3.05, 3.63) is 298 Å². The average Bonchev–Trinajstić information content (AvgIpc) is 1.50. The van der Waals surface area contributed by atoms with Gasteiger partial charge in [0.2, 0.25) is 0 Å². The van der Waals surface area contributed by atoms with Crippen LogP contribution in [-0.2, 0) is 18.5 Å². The minimum Gasteiger partial charge on any atom is -0.309 e. The zero-order valence-electron chi connectivity index (χ0n) is 52.5. The lowest BCUT2D eigenvalue weighted by molar-refractivity contribution is -0.138. The van der Waals surface area contributed by atoms with E-state index < -0.39 is 40.8 Å². The minimum absolute atomic E-state index is 0.123. The van der Waals surface area contributed by atoms with Crippen molar-refractivity contribution in [2.45, 2.75) is 46.2 Å². The molecule has 0 unspecified atom stereocenters. The predicted molar refractivity (Wildman–Crippen MR) is 372 cm³/mol. The summed E-state index contributed by atoms with van der Waals surface area (Å²) in [6, 6.07) is 67.8. The van der Waals surface area contributed by atoms with Gasteiger partial charge >= 0.3 is 18.5 Å². The molecule has 0 aliphatic rings. The summed E-state index contributed by atoms with van der Waals surface area (Å²) in [5, 5.41) is 17.6. The predicted octanol–water partition coefficient (Wildman–Crippen LogP) is 24.4. The van der Waals surface area contributed by atoms with Crippen LogP contribution in [0.4, 0.5) is 50.9 Å². The molecule has 0 saturated carbocycles. The maximum absolute atomic E-state index is 15.9. The molecule has 0 aliphatic carbocycles. The molecule has 0 aliphatic heterocycles. The number of nitriles is 1. The third-order valence-electron chi connectivity index (χ3n) is 18.4. The Morgan fingerprint density at radius 1 is 0.316 bits per heavy atom. The fourth-order valence-corrected chi connectivity index (χ4v) is 14.3. The number of alkyl halides is 9. The second-order valence-electron chi connectivity index (χ2n) is 24.5. The summed E-state index contributed by atoms with van der Waals surface area (Å²) in [5.41, 5.74) is 4.94. The quantitative estimate of drug-likeness (QED) is 0.121. The van der Waals surface area contributed by atoms with Gasteiger partial charge in [0, 0.05) is 43.1 Å². The number of hydrogen-bond donors (Lipinski definition) is 0. The van der Waals surface area contributed by atoms with Crippen LogP contribution in [-0.4, -0.2) is 18.3 Å². The van der Waals surface area contributed by atoms with E-state index in [4.69, 9.17) is 13.1 Å². The number of rotatable bonds is 6. The SMILES string of the molecule is [C-]#[N+]c1cccc(C(F)(F)F)c1-c1cc(-n2c3ccccc3c3ccc(C)cc32)c(C#N)c(-n2c3ccccc3c3ccc(C)cc32)c1.[C-]#[N+]c1cccc(C(F)(F)F)c1-c1cc(-n2c3ccccc3c3ccc(C)cc32)c(C(F)(F)F)c(-n2c3ccccc3c3ccc(C)cc32)c1. The molecule has 4 heterocycles. The Kier molecular flexibility index (Phi) is 14.5. The van der Waals surface area contributed by atoms with Crippen molar-refractivity contribution >= 4 is 98.6 Å². The molecule has 0 radical (unpaired) electrons. The molecule has 476 valence electrons. The maximum Gasteiger partial charge on any atom is 0.420 e. The van der Waals surface area contributed by atoms with Crippen molar-refractivity contribution in [2.24, 2.45) is 0 Å². The first-order valence-corrected chi connectivity index (χ1v) is 31.1. The van der Waals surface area contributed by atoms with Crippen LogP contribution < -0.4 is 0 Å². The Hall–Kier alpha value is -12.3. The maximum atomic E-state index is 15.9. The molecule has 16 heteroatoms. The van der Waals surface area contributed by atoms with Gasteiger partial charge in [-0.25, -0.2) is 9.69 Å². The number of aryl methyl sites for hydroxylation is 4. The lowest BCUT2D eigenvalue weighted by Crippen LogP contribution is -2.16. The van der Waals surface area contributed by atoms with E-state index in [1.54, 1.807) is 60.7 Å². The summed E-state index contributed by atoms with van der Waals surface area (Å²) in [6.07, 6.45) is -14.6. The summed E-state index contributed by atoms with van der Waals surface area (Å²) in [4.78, 5) is 6.96. The van der Waals surface area contributed by atoms with Crippen LogP contribution in [0.3, 0.4) is 0 Å². The van der Waals surface area contributed by atoms with E-state index in [1.165, 1.54) is 27.3 Å². The molecular formula is C82H50F9N7. The van der Waals surface area contributed by atoms with Gasteiger partial charge in [-0.15, -0.1) is 0 Å². The van der Waals surface area contributed by atoms with E-state index in [9.17, 15) is 31.6 Å². The van der Waals surface area contributed by atoms with Crippen LogP contribution in [0.5, 0.6) is 0 Å². The highest BCUT2D eigenvalue weighted by molar-refractivity contribution is 6.14. The highest BCUT2D eigenvalue weighted by Crippen LogP contribution is 2.51. The normalized spacial score (nSPS) is 12.1. The van der Waals surface area contributed by atoms with Crippen LogP contribution in [0.1, 0.15) is 44.5 Å². The third-order valence-corrected chi connectivity index (χ3v) is 18.4. The molecule has 16 rings (SSSR count). The Morgan fingerprint density at radius 3 is 0.867 bits per heavy atom. The summed E-state index contributed by atoms with van der Waals surface area (Å²) >= 11 is 0. The fraction of sp³-hybridized carbons (Fsp3) is 0.0854. The molecule has 0 atom stereocenters. The van der Waals surface area contributed by atoms with Crippen molar-refractivity contribution in [3.63, 3.8) is 0 Å². The van der Waals surface area contributed by atoms with Crippen LogP contribution >= 0.6 is 0 Å². The van der Waals surface area contributed by atoms with E-state index >= 15 is 13.2 Å². The zero-order valence-corrected chi connectivity index (χ0v) is 52.5. The summed E-state index contributed by atoms with van der Waals surface area (Å²) in [6.45, 7) is 23.3. The van der Waals surface area contributed by atoms with Crippen molar-refractivity contribution in [2.75, 3.05) is 0 Å². The van der Waals surface area contributed by atoms with Gasteiger partial charge in [-0.1, -0.05) is 158 Å². The Bertz CT molecular complexity index is 5900. The molecule has 0 bridgehead atoms. The van der Waals surface area contributed by atoms with Crippen molar-refractivity contribution in [1.29, 1.82) is 5.26 Å². The lowest BCUT2D eigenvalue weighted by Gasteiger charge is -2.24. The summed E-state index contributed by atoms with van der Waals surface area (Å²) in [5.74, 6) is 0. The van der Waals surface area contributed by atoms with Gasteiger partial charge in [0.25, 0.3) is 0 Å². The highest BCUT2D eigenvalue weighted by Gasteiger charge is 2.42. The number of nitrogens with zero attached hydrogens (tertiary/aromatic N) is 7. The Balaban J connectivity index is 0.000000160. The summed E-state index contributed by atoms with van der Waals surface area (Å²) in [7, 11) is 0. The first-order valence-electron chi connectivity index (χ1n) is 31.1. The Labute approximate surface area is 554 Å². The second kappa shape index (κ2) is 23.0. The first-order chi connectivity index (χ1) is 47.1. The first kappa shape index (κ1) is 61.8. The van der Waals surface area contributed by atoms with E-state index in [2.05, 4.69) is 15.8 Å². The van der Waals surface area contributed by atoms with Gasteiger partial charge in [-0.05, 0) is 145 Å². The number of halogens is 9. The van der Waals surface area contributed by atoms with Gasteiger partial charge in [0.05, 0.1) is 91.2 Å². The van der Waals surface area contributed by atoms with Gasteiger partial charge in [0.15, 0.2) is 11.4 Å². The van der Waals surface area contributed by atoms with Gasteiger partial charge < -0.3 is 18.3 Å². The molecule has 0 amide bonds. The highest BCUT2D eigenvalue weighted by atomic mass is 19.4. The number of benzene rings is 12. The monoisotopic (exact) mass is 1300 g/mol. The van der Waals surface area contributed by atoms with Crippen molar-refractivity contribution in [3.8, 4) is 51.1 Å². The largest absolute Gasteiger partial charge is 0.420 e. The minimum atomic E-state index is -4.97. The molecule has 7 nitrogen and oxygen atoms in total. The second-order valence-corrected chi connectivity index (χ2v) is 24.5. The molecule has 16 aromatic rings. The molecule has 0 fully saturated rings. The number of hydrogen-bond acceptors (Lipinski definition) is 1. The van der Waals surface area contributed by atoms with E-state index in [1.807, 2.05) is 158 Å². The van der Waals surface area contributed by atoms with Crippen molar-refractivity contribution < 1.29 is 39.5 Å². The van der Waals surface area contributed by atoms with Crippen molar-refractivity contribution in [1.82, 2.24) is 18.3 Å². The van der Waals surface area contributed by atoms with Gasteiger partial charge in [0.1, 0.15) is 17.2 Å². The number of aromatic nitrogens is 4. The smallest absolute Gasteiger partial charge is 0.309 e. The van der Waals surface area contributed by atoms with Crippen LogP contribution in [0.25, 0.3) is 142 Å². The Morgan fingerprint density at radius 2 is 0.592 bits per heavy atom. The lowest BCUT2D eigenvalue weighted by atomic mass is 9.94. The summed E-state index contributed by atoms with van der Waals surface area (Å²) < 4.78 is 143. The topological polar surface area (TPSA) is 52.2 Å². The van der Waals surface area contributed by atoms with Crippen LogP contribution in [0.2, 0.25) is 0 Å². The number of fused-ring (bicyclic) bond motifs is 12. The van der Waals surface area contributed by atoms with Gasteiger partial charge in [-0.2, -0.15) is 44.8 Å². The molecule has 0 saturated heterocycles. The van der Waals surface area contributed by atoms with E-state index in [0.29, 0.717) is 60.5 Å². The average molecular weight is 1300 g/mol. The van der Waals surface area contributed by atoms with Crippen LogP contribution in [0.15, 0.2) is 231 Å². The van der Waals surface area contributed by atoms with E-state index in [-0.39, 0.29) is 39.4 Å².